The first-order chi connectivity index (χ1) is 13.5. The Balaban J connectivity index is 1.54. The summed E-state index contributed by atoms with van der Waals surface area (Å²) in [6.07, 6.45) is 2.00. The second kappa shape index (κ2) is 9.06. The van der Waals surface area contributed by atoms with E-state index >= 15 is 0 Å². The first-order valence-electron chi connectivity index (χ1n) is 9.49. The molecule has 2 aromatic carbocycles. The highest BCUT2D eigenvalue weighted by molar-refractivity contribution is 5.79. The van der Waals surface area contributed by atoms with Gasteiger partial charge < -0.3 is 19.5 Å². The molecule has 1 N–H and O–H groups in total. The molecule has 2 aromatic rings. The minimum atomic E-state index is -1.00. The fourth-order valence-corrected chi connectivity index (χ4v) is 3.39. The van der Waals surface area contributed by atoms with E-state index < -0.39 is 5.60 Å². The largest absolute Gasteiger partial charge is 0.497 e. The molecule has 0 spiro atoms. The minimum Gasteiger partial charge on any atom is -0.497 e. The van der Waals surface area contributed by atoms with Crippen LogP contribution in [0.1, 0.15) is 24.8 Å². The zero-order chi connectivity index (χ0) is 20.0. The maximum absolute atomic E-state index is 13.0. The van der Waals surface area contributed by atoms with E-state index in [9.17, 15) is 14.3 Å². The normalized spacial score (nSPS) is 19.8. The van der Waals surface area contributed by atoms with Gasteiger partial charge in [0.15, 0.2) is 0 Å². The van der Waals surface area contributed by atoms with Crippen LogP contribution in [0.4, 0.5) is 4.39 Å². The van der Waals surface area contributed by atoms with Crippen molar-refractivity contribution in [3.8, 4) is 11.5 Å². The highest BCUT2D eigenvalue weighted by Gasteiger charge is 2.32. The lowest BCUT2D eigenvalue weighted by Crippen LogP contribution is -2.38. The molecule has 5 nitrogen and oxygen atoms in total. The van der Waals surface area contributed by atoms with Crippen molar-refractivity contribution in [1.29, 1.82) is 0 Å². The van der Waals surface area contributed by atoms with Crippen LogP contribution in [0.3, 0.4) is 0 Å². The van der Waals surface area contributed by atoms with Gasteiger partial charge in [-0.1, -0.05) is 12.1 Å². The third kappa shape index (κ3) is 5.45. The number of benzene rings is 2. The lowest BCUT2D eigenvalue weighted by molar-refractivity contribution is -0.130. The number of rotatable bonds is 6. The predicted octanol–water partition coefficient (Wildman–Crippen LogP) is 3.20. The summed E-state index contributed by atoms with van der Waals surface area (Å²) >= 11 is 0. The molecule has 1 saturated heterocycles. The number of likely N-dealkylation sites (tertiary alicyclic amines) is 1. The summed E-state index contributed by atoms with van der Waals surface area (Å²) in [7, 11) is 1.60. The molecule has 1 fully saturated rings. The van der Waals surface area contributed by atoms with E-state index in [2.05, 4.69) is 0 Å². The minimum absolute atomic E-state index is 0.0388. The van der Waals surface area contributed by atoms with Gasteiger partial charge in [-0.25, -0.2) is 4.39 Å². The summed E-state index contributed by atoms with van der Waals surface area (Å²) in [4.78, 5) is 14.5. The zero-order valence-electron chi connectivity index (χ0n) is 16.1. The Morgan fingerprint density at radius 1 is 1.14 bits per heavy atom. The Hall–Kier alpha value is -2.60. The number of nitrogens with zero attached hydrogens (tertiary/aromatic N) is 1. The standard InChI is InChI=1S/C22H26FNO4/c1-27-20-5-2-4-17(14-20)15-21(25)24-12-3-10-22(26,11-13-24)16-28-19-8-6-18(23)7-9-19/h2,4-9,14,26H,3,10-13,15-16H2,1H3. The van der Waals surface area contributed by atoms with Gasteiger partial charge >= 0.3 is 0 Å². The molecule has 1 unspecified atom stereocenters. The molecular weight excluding hydrogens is 361 g/mol. The molecular formula is C22H26FNO4. The van der Waals surface area contributed by atoms with Crippen molar-refractivity contribution >= 4 is 5.91 Å². The highest BCUT2D eigenvalue weighted by atomic mass is 19.1. The van der Waals surface area contributed by atoms with Gasteiger partial charge in [-0.2, -0.15) is 0 Å². The van der Waals surface area contributed by atoms with Crippen LogP contribution < -0.4 is 9.47 Å². The molecule has 0 saturated carbocycles. The topological polar surface area (TPSA) is 59.0 Å². The number of halogens is 1. The van der Waals surface area contributed by atoms with Crippen molar-refractivity contribution in [2.75, 3.05) is 26.8 Å². The third-order valence-electron chi connectivity index (χ3n) is 5.08. The molecule has 150 valence electrons. The molecule has 28 heavy (non-hydrogen) atoms. The van der Waals surface area contributed by atoms with Gasteiger partial charge in [-0.05, 0) is 61.2 Å². The maximum Gasteiger partial charge on any atom is 0.226 e. The molecule has 0 bridgehead atoms. The fraction of sp³-hybridized carbons (Fsp3) is 0.409. The monoisotopic (exact) mass is 387 g/mol. The van der Waals surface area contributed by atoms with E-state index in [-0.39, 0.29) is 18.3 Å². The van der Waals surface area contributed by atoms with Crippen molar-refractivity contribution in [2.45, 2.75) is 31.3 Å². The van der Waals surface area contributed by atoms with Crippen molar-refractivity contribution in [1.82, 2.24) is 4.90 Å². The van der Waals surface area contributed by atoms with Crippen LogP contribution in [0.5, 0.6) is 11.5 Å². The summed E-state index contributed by atoms with van der Waals surface area (Å²) < 4.78 is 23.8. The Labute approximate surface area is 164 Å². The van der Waals surface area contributed by atoms with Crippen LogP contribution >= 0.6 is 0 Å². The van der Waals surface area contributed by atoms with Crippen LogP contribution in [0.15, 0.2) is 48.5 Å². The number of aliphatic hydroxyl groups is 1. The molecule has 3 rings (SSSR count). The first-order valence-corrected chi connectivity index (χ1v) is 9.49. The van der Waals surface area contributed by atoms with E-state index in [4.69, 9.17) is 9.47 Å². The summed E-state index contributed by atoms with van der Waals surface area (Å²) in [5.74, 6) is 0.959. The number of hydrogen-bond acceptors (Lipinski definition) is 4. The second-order valence-electron chi connectivity index (χ2n) is 7.23. The molecule has 0 aliphatic carbocycles. The summed E-state index contributed by atoms with van der Waals surface area (Å²) in [6.45, 7) is 1.21. The Morgan fingerprint density at radius 3 is 2.68 bits per heavy atom. The van der Waals surface area contributed by atoms with Gasteiger partial charge in [0.05, 0.1) is 13.5 Å². The molecule has 0 aromatic heterocycles. The summed E-state index contributed by atoms with van der Waals surface area (Å²) in [5.41, 5.74) is -0.0946. The number of amides is 1. The average molecular weight is 387 g/mol. The highest BCUT2D eigenvalue weighted by Crippen LogP contribution is 2.25. The number of methoxy groups -OCH3 is 1. The second-order valence-corrected chi connectivity index (χ2v) is 7.23. The van der Waals surface area contributed by atoms with Crippen molar-refractivity contribution < 1.29 is 23.8 Å². The quantitative estimate of drug-likeness (QED) is 0.827. The Kier molecular flexibility index (Phi) is 6.52. The average Bonchev–Trinajstić information content (AvgIpc) is 2.90. The van der Waals surface area contributed by atoms with E-state index in [1.807, 2.05) is 24.3 Å². The third-order valence-corrected chi connectivity index (χ3v) is 5.08. The van der Waals surface area contributed by atoms with Crippen molar-refractivity contribution in [3.63, 3.8) is 0 Å². The SMILES string of the molecule is COc1cccc(CC(=O)N2CCCC(O)(COc3ccc(F)cc3)CC2)c1. The zero-order valence-corrected chi connectivity index (χ0v) is 16.1. The van der Waals surface area contributed by atoms with Crippen molar-refractivity contribution in [3.05, 3.63) is 59.9 Å². The van der Waals surface area contributed by atoms with Gasteiger partial charge in [0.2, 0.25) is 5.91 Å². The molecule has 1 heterocycles. The molecule has 0 radical (unpaired) electrons. The Morgan fingerprint density at radius 2 is 1.93 bits per heavy atom. The van der Waals surface area contributed by atoms with Crippen LogP contribution in [-0.4, -0.2) is 48.3 Å². The first kappa shape index (κ1) is 20.1. The number of ether oxygens (including phenoxy) is 2. The number of carbonyl (C=O) groups is 1. The molecule has 1 aliphatic rings. The van der Waals surface area contributed by atoms with E-state index in [1.54, 1.807) is 24.1 Å². The van der Waals surface area contributed by atoms with Gasteiger partial charge in [0.25, 0.3) is 0 Å². The summed E-state index contributed by atoms with van der Waals surface area (Å²) in [5, 5.41) is 10.9. The van der Waals surface area contributed by atoms with E-state index in [0.29, 0.717) is 44.5 Å². The summed E-state index contributed by atoms with van der Waals surface area (Å²) in [6, 6.07) is 13.2. The van der Waals surface area contributed by atoms with Gasteiger partial charge in [0.1, 0.15) is 29.5 Å². The van der Waals surface area contributed by atoms with Gasteiger partial charge in [-0.15, -0.1) is 0 Å². The number of hydrogen-bond donors (Lipinski definition) is 1. The van der Waals surface area contributed by atoms with Gasteiger partial charge in [0, 0.05) is 13.1 Å². The lowest BCUT2D eigenvalue weighted by Gasteiger charge is -2.27. The molecule has 1 amide bonds. The maximum atomic E-state index is 13.0. The lowest BCUT2D eigenvalue weighted by atomic mass is 9.96. The van der Waals surface area contributed by atoms with E-state index in [1.165, 1.54) is 12.1 Å². The van der Waals surface area contributed by atoms with E-state index in [0.717, 1.165) is 11.3 Å². The van der Waals surface area contributed by atoms with Gasteiger partial charge in [-0.3, -0.25) is 4.79 Å². The predicted molar refractivity (Wildman–Crippen MR) is 104 cm³/mol. The van der Waals surface area contributed by atoms with Crippen LogP contribution in [-0.2, 0) is 11.2 Å². The van der Waals surface area contributed by atoms with Crippen LogP contribution in [0, 0.1) is 5.82 Å². The smallest absolute Gasteiger partial charge is 0.226 e. The molecule has 1 atom stereocenters. The van der Waals surface area contributed by atoms with Crippen LogP contribution in [0.2, 0.25) is 0 Å². The fourth-order valence-electron chi connectivity index (χ4n) is 3.39. The Bertz CT molecular complexity index is 795. The van der Waals surface area contributed by atoms with Crippen molar-refractivity contribution in [2.24, 2.45) is 0 Å². The molecule has 1 aliphatic heterocycles. The van der Waals surface area contributed by atoms with Crippen LogP contribution in [0.25, 0.3) is 0 Å². The molecule has 6 heteroatoms. The number of carbonyl (C=O) groups excluding carboxylic acids is 1.